The molecule has 0 aliphatic heterocycles. The summed E-state index contributed by atoms with van der Waals surface area (Å²) in [6.07, 6.45) is 4.34. The van der Waals surface area contributed by atoms with Crippen molar-refractivity contribution in [2.45, 2.75) is 33.1 Å². The van der Waals surface area contributed by atoms with Gasteiger partial charge in [-0.25, -0.2) is 4.79 Å². The van der Waals surface area contributed by atoms with Gasteiger partial charge in [0.2, 0.25) is 0 Å². The van der Waals surface area contributed by atoms with E-state index in [1.165, 1.54) is 0 Å². The molecule has 0 aromatic carbocycles. The van der Waals surface area contributed by atoms with E-state index in [4.69, 9.17) is 5.73 Å². The predicted octanol–water partition coefficient (Wildman–Crippen LogP) is 1.32. The van der Waals surface area contributed by atoms with Crippen LogP contribution in [0.2, 0.25) is 0 Å². The molecule has 0 radical (unpaired) electrons. The molecule has 3 amide bonds. The van der Waals surface area contributed by atoms with E-state index in [0.717, 1.165) is 12.8 Å². The van der Waals surface area contributed by atoms with Crippen LogP contribution in [0.1, 0.15) is 33.1 Å². The molecule has 4 heteroatoms. The van der Waals surface area contributed by atoms with Crippen LogP contribution in [0.15, 0.2) is 11.6 Å². The Morgan fingerprint density at radius 2 is 2.08 bits per heavy atom. The lowest BCUT2D eigenvalue weighted by molar-refractivity contribution is -0.116. The van der Waals surface area contributed by atoms with Crippen molar-refractivity contribution >= 4 is 11.9 Å². The molecule has 0 atom stereocenters. The number of carbonyl (C=O) groups excluding carboxylic acids is 2. The van der Waals surface area contributed by atoms with Crippen molar-refractivity contribution in [2.75, 3.05) is 0 Å². The van der Waals surface area contributed by atoms with Crippen LogP contribution >= 0.6 is 0 Å². The van der Waals surface area contributed by atoms with Crippen LogP contribution in [0, 0.1) is 0 Å². The van der Waals surface area contributed by atoms with Gasteiger partial charge >= 0.3 is 6.03 Å². The Hall–Kier alpha value is -1.32. The summed E-state index contributed by atoms with van der Waals surface area (Å²) >= 11 is 0. The first-order valence-electron chi connectivity index (χ1n) is 4.37. The van der Waals surface area contributed by atoms with Crippen molar-refractivity contribution in [3.63, 3.8) is 0 Å². The number of imide groups is 1. The number of rotatable bonds is 4. The Morgan fingerprint density at radius 3 is 2.46 bits per heavy atom. The Kier molecular flexibility index (Phi) is 5.59. The summed E-state index contributed by atoms with van der Waals surface area (Å²) in [5.41, 5.74) is 5.43. The summed E-state index contributed by atoms with van der Waals surface area (Å²) in [7, 11) is 0. The highest BCUT2D eigenvalue weighted by atomic mass is 16.2. The van der Waals surface area contributed by atoms with Crippen LogP contribution in [-0.2, 0) is 4.79 Å². The van der Waals surface area contributed by atoms with Crippen molar-refractivity contribution in [3.05, 3.63) is 11.6 Å². The topological polar surface area (TPSA) is 72.2 Å². The zero-order valence-corrected chi connectivity index (χ0v) is 8.09. The molecule has 0 spiro atoms. The second-order valence-corrected chi connectivity index (χ2v) is 2.74. The molecule has 0 heterocycles. The number of allylic oxidation sites excluding steroid dienone is 1. The number of carbonyl (C=O) groups is 2. The smallest absolute Gasteiger partial charge is 0.319 e. The molecule has 0 saturated heterocycles. The first-order valence-corrected chi connectivity index (χ1v) is 4.37. The van der Waals surface area contributed by atoms with E-state index in [-0.39, 0.29) is 5.91 Å². The van der Waals surface area contributed by atoms with Crippen molar-refractivity contribution in [1.29, 1.82) is 0 Å². The normalized spacial score (nSPS) is 11.1. The summed E-state index contributed by atoms with van der Waals surface area (Å²) < 4.78 is 0. The maximum Gasteiger partial charge on any atom is 0.319 e. The predicted molar refractivity (Wildman–Crippen MR) is 51.0 cm³/mol. The lowest BCUT2D eigenvalue weighted by Gasteiger charge is -2.04. The SMILES string of the molecule is C/C=C(\CCCC)C(=O)NC(N)=O. The Labute approximate surface area is 78.2 Å². The quantitative estimate of drug-likeness (QED) is 0.647. The Bertz CT molecular complexity index is 222. The van der Waals surface area contributed by atoms with Gasteiger partial charge < -0.3 is 5.73 Å². The number of primary amides is 1. The lowest BCUT2D eigenvalue weighted by atomic mass is 10.1. The second kappa shape index (κ2) is 6.22. The van der Waals surface area contributed by atoms with E-state index in [1.54, 1.807) is 13.0 Å². The average Bonchev–Trinajstić information content (AvgIpc) is 2.04. The molecule has 0 rings (SSSR count). The van der Waals surface area contributed by atoms with Gasteiger partial charge in [-0.3, -0.25) is 10.1 Å². The van der Waals surface area contributed by atoms with E-state index in [2.05, 4.69) is 0 Å². The van der Waals surface area contributed by atoms with Gasteiger partial charge in [-0.15, -0.1) is 0 Å². The summed E-state index contributed by atoms with van der Waals surface area (Å²) in [4.78, 5) is 21.6. The maximum absolute atomic E-state index is 11.2. The zero-order chi connectivity index (χ0) is 10.3. The van der Waals surface area contributed by atoms with Crippen LogP contribution in [-0.4, -0.2) is 11.9 Å². The molecule has 74 valence electrons. The van der Waals surface area contributed by atoms with Crippen LogP contribution in [0.25, 0.3) is 0 Å². The Morgan fingerprint density at radius 1 is 1.46 bits per heavy atom. The summed E-state index contributed by atoms with van der Waals surface area (Å²) in [5, 5.41) is 2.03. The Balaban J connectivity index is 4.09. The molecule has 0 aromatic rings. The maximum atomic E-state index is 11.2. The number of nitrogens with one attached hydrogen (secondary N) is 1. The average molecular weight is 184 g/mol. The molecule has 0 aliphatic carbocycles. The number of unbranched alkanes of at least 4 members (excludes halogenated alkanes) is 1. The molecule has 3 N–H and O–H groups in total. The fourth-order valence-corrected chi connectivity index (χ4v) is 0.948. The fraction of sp³-hybridized carbons (Fsp3) is 0.556. The number of nitrogens with two attached hydrogens (primary N) is 1. The molecule has 0 aromatic heterocycles. The lowest BCUT2D eigenvalue weighted by Crippen LogP contribution is -2.35. The molecular weight excluding hydrogens is 168 g/mol. The summed E-state index contributed by atoms with van der Waals surface area (Å²) in [6.45, 7) is 3.81. The molecule has 0 aliphatic rings. The van der Waals surface area contributed by atoms with Crippen molar-refractivity contribution in [1.82, 2.24) is 5.32 Å². The van der Waals surface area contributed by atoms with E-state index in [9.17, 15) is 9.59 Å². The van der Waals surface area contributed by atoms with E-state index < -0.39 is 6.03 Å². The highest BCUT2D eigenvalue weighted by Crippen LogP contribution is 2.06. The third kappa shape index (κ3) is 5.00. The first kappa shape index (κ1) is 11.7. The number of amides is 3. The zero-order valence-electron chi connectivity index (χ0n) is 8.09. The van der Waals surface area contributed by atoms with Gasteiger partial charge in [0, 0.05) is 5.57 Å². The molecule has 0 fully saturated rings. The van der Waals surface area contributed by atoms with E-state index in [0.29, 0.717) is 12.0 Å². The standard InChI is InChI=1S/C9H16N2O2/c1-3-5-6-7(4-2)8(12)11-9(10)13/h4H,3,5-6H2,1-2H3,(H3,10,11,12,13)/b7-4+. The largest absolute Gasteiger partial charge is 0.351 e. The summed E-state index contributed by atoms with van der Waals surface area (Å²) in [6, 6.07) is -0.805. The van der Waals surface area contributed by atoms with Crippen molar-refractivity contribution in [3.8, 4) is 0 Å². The minimum atomic E-state index is -0.805. The third-order valence-electron chi connectivity index (χ3n) is 1.68. The van der Waals surface area contributed by atoms with E-state index in [1.807, 2.05) is 12.2 Å². The monoisotopic (exact) mass is 184 g/mol. The number of urea groups is 1. The van der Waals surface area contributed by atoms with Crippen LogP contribution in [0.4, 0.5) is 4.79 Å². The van der Waals surface area contributed by atoms with Crippen LogP contribution < -0.4 is 11.1 Å². The second-order valence-electron chi connectivity index (χ2n) is 2.74. The molecule has 0 bridgehead atoms. The third-order valence-corrected chi connectivity index (χ3v) is 1.68. The van der Waals surface area contributed by atoms with Crippen molar-refractivity contribution < 1.29 is 9.59 Å². The molecule has 4 nitrogen and oxygen atoms in total. The first-order chi connectivity index (χ1) is 6.11. The minimum absolute atomic E-state index is 0.386. The van der Waals surface area contributed by atoms with Gasteiger partial charge in [-0.2, -0.15) is 0 Å². The fourth-order valence-electron chi connectivity index (χ4n) is 0.948. The van der Waals surface area contributed by atoms with Gasteiger partial charge in [0.15, 0.2) is 0 Å². The highest BCUT2D eigenvalue weighted by molar-refractivity contribution is 6.03. The van der Waals surface area contributed by atoms with Gasteiger partial charge in [-0.05, 0) is 19.8 Å². The van der Waals surface area contributed by atoms with E-state index >= 15 is 0 Å². The van der Waals surface area contributed by atoms with Gasteiger partial charge in [0.05, 0.1) is 0 Å². The number of hydrogen-bond donors (Lipinski definition) is 2. The molecule has 0 unspecified atom stereocenters. The number of hydrogen-bond acceptors (Lipinski definition) is 2. The van der Waals surface area contributed by atoms with Crippen LogP contribution in [0.5, 0.6) is 0 Å². The molecule has 0 saturated carbocycles. The summed E-state index contributed by atoms with van der Waals surface area (Å²) in [5.74, 6) is -0.386. The molecular formula is C9H16N2O2. The van der Waals surface area contributed by atoms with Crippen LogP contribution in [0.3, 0.4) is 0 Å². The highest BCUT2D eigenvalue weighted by Gasteiger charge is 2.08. The van der Waals surface area contributed by atoms with Gasteiger partial charge in [0.1, 0.15) is 0 Å². The van der Waals surface area contributed by atoms with Crippen molar-refractivity contribution in [2.24, 2.45) is 5.73 Å². The van der Waals surface area contributed by atoms with Gasteiger partial charge in [0.25, 0.3) is 5.91 Å². The molecule has 13 heavy (non-hydrogen) atoms. The minimum Gasteiger partial charge on any atom is -0.351 e. The van der Waals surface area contributed by atoms with Gasteiger partial charge in [-0.1, -0.05) is 19.4 Å².